The maximum absolute atomic E-state index is 12.6. The predicted octanol–water partition coefficient (Wildman–Crippen LogP) is 1.83. The van der Waals surface area contributed by atoms with Crippen LogP contribution in [-0.2, 0) is 30.9 Å². The molecule has 1 fully saturated rings. The van der Waals surface area contributed by atoms with E-state index in [0.717, 1.165) is 54.1 Å². The summed E-state index contributed by atoms with van der Waals surface area (Å²) < 4.78 is 10.0. The van der Waals surface area contributed by atoms with Crippen molar-refractivity contribution in [2.75, 3.05) is 32.2 Å². The van der Waals surface area contributed by atoms with Crippen molar-refractivity contribution < 1.29 is 19.1 Å². The first-order valence-corrected chi connectivity index (χ1v) is 8.39. The van der Waals surface area contributed by atoms with E-state index in [1.54, 1.807) is 0 Å². The molecular weight excluding hydrogens is 308 g/mol. The lowest BCUT2D eigenvalue weighted by molar-refractivity contribution is -0.162. The topological polar surface area (TPSA) is 68.7 Å². The van der Waals surface area contributed by atoms with Gasteiger partial charge in [0.2, 0.25) is 0 Å². The molecule has 130 valence electrons. The minimum atomic E-state index is -1.37. The number of anilines is 1. The third kappa shape index (κ3) is 2.19. The number of ether oxygens (including phenoxy) is 2. The first-order valence-electron chi connectivity index (χ1n) is 8.39. The van der Waals surface area contributed by atoms with Crippen LogP contribution in [0.4, 0.5) is 5.82 Å². The number of carbonyl (C=O) groups is 2. The fraction of sp³-hybridized carbons (Fsp3) is 0.611. The Morgan fingerprint density at radius 3 is 2.21 bits per heavy atom. The van der Waals surface area contributed by atoms with E-state index in [-0.39, 0.29) is 0 Å². The molecule has 0 unspecified atom stereocenters. The summed E-state index contributed by atoms with van der Waals surface area (Å²) in [6, 6.07) is 0. The van der Waals surface area contributed by atoms with Crippen LogP contribution in [0.2, 0.25) is 0 Å². The number of carbonyl (C=O) groups excluding carboxylic acids is 2. The van der Waals surface area contributed by atoms with Crippen LogP contribution in [0, 0.1) is 13.8 Å². The van der Waals surface area contributed by atoms with Crippen molar-refractivity contribution in [1.29, 1.82) is 0 Å². The molecule has 0 amide bonds. The van der Waals surface area contributed by atoms with Gasteiger partial charge in [-0.25, -0.2) is 4.98 Å². The molecule has 2 aliphatic rings. The van der Waals surface area contributed by atoms with Crippen molar-refractivity contribution in [3.05, 3.63) is 22.4 Å². The summed E-state index contributed by atoms with van der Waals surface area (Å²) in [7, 11) is 2.63. The SMILES string of the molecule is COC(=O)C1(C(=O)OC)CCc2c(C)nc(N3CCCC3)c(C)c21. The highest BCUT2D eigenvalue weighted by Gasteiger charge is 2.56. The van der Waals surface area contributed by atoms with E-state index in [9.17, 15) is 9.59 Å². The van der Waals surface area contributed by atoms with E-state index in [1.165, 1.54) is 14.2 Å². The average Bonchev–Trinajstić information content (AvgIpc) is 3.24. The summed E-state index contributed by atoms with van der Waals surface area (Å²) in [6.45, 7) is 5.80. The molecule has 6 heteroatoms. The number of aryl methyl sites for hydroxylation is 1. The summed E-state index contributed by atoms with van der Waals surface area (Å²) in [6.07, 6.45) is 3.26. The number of methoxy groups -OCH3 is 2. The maximum atomic E-state index is 12.6. The van der Waals surface area contributed by atoms with Gasteiger partial charge in [-0.05, 0) is 56.2 Å². The van der Waals surface area contributed by atoms with E-state index in [0.29, 0.717) is 12.8 Å². The largest absolute Gasteiger partial charge is 0.468 e. The molecule has 0 aromatic carbocycles. The Morgan fingerprint density at radius 2 is 1.67 bits per heavy atom. The molecule has 0 spiro atoms. The van der Waals surface area contributed by atoms with Crippen LogP contribution in [0.1, 0.15) is 41.6 Å². The van der Waals surface area contributed by atoms with E-state index >= 15 is 0 Å². The van der Waals surface area contributed by atoms with E-state index in [1.807, 2.05) is 13.8 Å². The molecule has 3 rings (SSSR count). The van der Waals surface area contributed by atoms with Gasteiger partial charge in [0, 0.05) is 18.8 Å². The zero-order chi connectivity index (χ0) is 17.5. The normalized spacial score (nSPS) is 18.4. The van der Waals surface area contributed by atoms with Gasteiger partial charge >= 0.3 is 11.9 Å². The molecule has 1 aromatic heterocycles. The highest BCUT2D eigenvalue weighted by molar-refractivity contribution is 6.08. The van der Waals surface area contributed by atoms with Crippen LogP contribution in [0.15, 0.2) is 0 Å². The second-order valence-electron chi connectivity index (χ2n) is 6.58. The zero-order valence-electron chi connectivity index (χ0n) is 14.8. The lowest BCUT2D eigenvalue weighted by Gasteiger charge is -2.28. The van der Waals surface area contributed by atoms with Crippen LogP contribution in [0.5, 0.6) is 0 Å². The number of aromatic nitrogens is 1. The van der Waals surface area contributed by atoms with Gasteiger partial charge in [-0.15, -0.1) is 0 Å². The summed E-state index contributed by atoms with van der Waals surface area (Å²) in [4.78, 5) is 32.3. The molecule has 1 aliphatic heterocycles. The molecule has 0 bridgehead atoms. The van der Waals surface area contributed by atoms with Crippen molar-refractivity contribution in [3.63, 3.8) is 0 Å². The van der Waals surface area contributed by atoms with Gasteiger partial charge in [0.1, 0.15) is 5.82 Å². The van der Waals surface area contributed by atoms with Gasteiger partial charge in [-0.1, -0.05) is 0 Å². The van der Waals surface area contributed by atoms with E-state index < -0.39 is 17.4 Å². The molecule has 1 aliphatic carbocycles. The molecule has 6 nitrogen and oxygen atoms in total. The Hall–Kier alpha value is -2.11. The molecule has 0 radical (unpaired) electrons. The molecular formula is C18H24N2O4. The second kappa shape index (κ2) is 6.07. The minimum Gasteiger partial charge on any atom is -0.468 e. The third-order valence-corrected chi connectivity index (χ3v) is 5.37. The number of pyridine rings is 1. The maximum Gasteiger partial charge on any atom is 0.327 e. The molecule has 0 atom stereocenters. The summed E-state index contributed by atoms with van der Waals surface area (Å²) in [5, 5.41) is 0. The third-order valence-electron chi connectivity index (χ3n) is 5.37. The second-order valence-corrected chi connectivity index (χ2v) is 6.58. The van der Waals surface area contributed by atoms with Crippen LogP contribution >= 0.6 is 0 Å². The Morgan fingerprint density at radius 1 is 1.08 bits per heavy atom. The van der Waals surface area contributed by atoms with E-state index in [4.69, 9.17) is 14.5 Å². The summed E-state index contributed by atoms with van der Waals surface area (Å²) in [5.74, 6) is -0.217. The smallest absolute Gasteiger partial charge is 0.327 e. The van der Waals surface area contributed by atoms with E-state index in [2.05, 4.69) is 4.90 Å². The van der Waals surface area contributed by atoms with Gasteiger partial charge in [0.25, 0.3) is 0 Å². The Balaban J connectivity index is 2.24. The van der Waals surface area contributed by atoms with Gasteiger partial charge in [0.15, 0.2) is 5.41 Å². The van der Waals surface area contributed by atoms with Crippen molar-refractivity contribution >= 4 is 17.8 Å². The molecule has 0 saturated carbocycles. The molecule has 0 N–H and O–H groups in total. The quantitative estimate of drug-likeness (QED) is 0.621. The highest BCUT2D eigenvalue weighted by atomic mass is 16.5. The van der Waals surface area contributed by atoms with Crippen molar-refractivity contribution in [2.45, 2.75) is 44.9 Å². The van der Waals surface area contributed by atoms with Crippen LogP contribution in [-0.4, -0.2) is 44.2 Å². The minimum absolute atomic E-state index is 0.370. The van der Waals surface area contributed by atoms with Gasteiger partial charge in [-0.3, -0.25) is 9.59 Å². The van der Waals surface area contributed by atoms with Gasteiger partial charge in [0.05, 0.1) is 14.2 Å². The highest BCUT2D eigenvalue weighted by Crippen LogP contribution is 2.46. The number of nitrogens with zero attached hydrogens (tertiary/aromatic N) is 2. The Labute approximate surface area is 142 Å². The Bertz CT molecular complexity index is 677. The van der Waals surface area contributed by atoms with Crippen molar-refractivity contribution in [3.8, 4) is 0 Å². The molecule has 24 heavy (non-hydrogen) atoms. The first-order chi connectivity index (χ1) is 11.5. The predicted molar refractivity (Wildman–Crippen MR) is 89.2 cm³/mol. The first kappa shape index (κ1) is 16.7. The monoisotopic (exact) mass is 332 g/mol. The molecule has 2 heterocycles. The summed E-state index contributed by atoms with van der Waals surface area (Å²) in [5.41, 5.74) is 2.13. The van der Waals surface area contributed by atoms with Crippen molar-refractivity contribution in [1.82, 2.24) is 4.98 Å². The van der Waals surface area contributed by atoms with Gasteiger partial charge in [-0.2, -0.15) is 0 Å². The molecule has 1 saturated heterocycles. The Kier molecular flexibility index (Phi) is 4.24. The number of hydrogen-bond acceptors (Lipinski definition) is 6. The van der Waals surface area contributed by atoms with Crippen LogP contribution in [0.3, 0.4) is 0 Å². The molecule has 1 aromatic rings. The average molecular weight is 332 g/mol. The fourth-order valence-corrected chi connectivity index (χ4v) is 4.23. The zero-order valence-corrected chi connectivity index (χ0v) is 14.8. The number of esters is 2. The number of fused-ring (bicyclic) bond motifs is 1. The summed E-state index contributed by atoms with van der Waals surface area (Å²) >= 11 is 0. The lowest BCUT2D eigenvalue weighted by Crippen LogP contribution is -2.44. The van der Waals surface area contributed by atoms with Crippen molar-refractivity contribution in [2.24, 2.45) is 0 Å². The standard InChI is InChI=1S/C18H24N2O4/c1-11-14-13(12(2)19-15(11)20-9-5-6-10-20)7-8-18(14,16(21)23-3)17(22)24-4/h5-10H2,1-4H3. The van der Waals surface area contributed by atoms with Gasteiger partial charge < -0.3 is 14.4 Å². The fourth-order valence-electron chi connectivity index (χ4n) is 4.23. The number of rotatable bonds is 3. The lowest BCUT2D eigenvalue weighted by atomic mass is 9.79. The van der Waals surface area contributed by atoms with Crippen LogP contribution in [0.25, 0.3) is 0 Å². The number of hydrogen-bond donors (Lipinski definition) is 0. The van der Waals surface area contributed by atoms with Crippen LogP contribution < -0.4 is 4.90 Å².